The summed E-state index contributed by atoms with van der Waals surface area (Å²) in [6.07, 6.45) is 0. The van der Waals surface area contributed by atoms with Crippen molar-refractivity contribution >= 4 is 5.69 Å². The van der Waals surface area contributed by atoms with Gasteiger partial charge in [0.2, 0.25) is 0 Å². The Hall–Kier alpha value is -1.06. The predicted molar refractivity (Wildman–Crippen MR) is 57.5 cm³/mol. The van der Waals surface area contributed by atoms with Gasteiger partial charge in [0.25, 0.3) is 0 Å². The maximum absolute atomic E-state index is 9.18. The number of methoxy groups -OCH3 is 1. The topological polar surface area (TPSA) is 41.5 Å². The molecule has 0 spiro atoms. The highest BCUT2D eigenvalue weighted by atomic mass is 16.5. The molecule has 0 atom stereocenters. The monoisotopic (exact) mass is 195 g/mol. The summed E-state index contributed by atoms with van der Waals surface area (Å²) in [6.45, 7) is 3.49. The lowest BCUT2D eigenvalue weighted by molar-refractivity contribution is 0.210. The number of aliphatic hydroxyl groups excluding tert-OH is 1. The number of benzene rings is 1. The van der Waals surface area contributed by atoms with Crippen LogP contribution in [0.5, 0.6) is 0 Å². The molecule has 3 nitrogen and oxygen atoms in total. The lowest BCUT2D eigenvalue weighted by Gasteiger charge is -2.12. The third-order valence-electron chi connectivity index (χ3n) is 2.19. The summed E-state index contributed by atoms with van der Waals surface area (Å²) < 4.78 is 4.94. The number of hydrogen-bond acceptors (Lipinski definition) is 3. The van der Waals surface area contributed by atoms with E-state index >= 15 is 0 Å². The van der Waals surface area contributed by atoms with Crippen LogP contribution in [0.3, 0.4) is 0 Å². The van der Waals surface area contributed by atoms with E-state index < -0.39 is 0 Å². The third-order valence-corrected chi connectivity index (χ3v) is 2.19. The van der Waals surface area contributed by atoms with Crippen LogP contribution in [0.1, 0.15) is 11.1 Å². The average Bonchev–Trinajstić information content (AvgIpc) is 2.18. The second-order valence-corrected chi connectivity index (χ2v) is 3.18. The minimum atomic E-state index is 0.0714. The Morgan fingerprint density at radius 1 is 1.43 bits per heavy atom. The molecule has 14 heavy (non-hydrogen) atoms. The van der Waals surface area contributed by atoms with E-state index in [1.54, 1.807) is 7.11 Å². The molecule has 1 aromatic rings. The zero-order chi connectivity index (χ0) is 10.4. The highest BCUT2D eigenvalue weighted by molar-refractivity contribution is 5.54. The molecule has 0 aliphatic heterocycles. The van der Waals surface area contributed by atoms with Gasteiger partial charge >= 0.3 is 0 Å². The maximum Gasteiger partial charge on any atom is 0.0704 e. The van der Waals surface area contributed by atoms with Crippen LogP contribution in [0.2, 0.25) is 0 Å². The SMILES string of the molecule is COCCNc1cccc(C)c1CO. The van der Waals surface area contributed by atoms with Gasteiger partial charge in [-0.3, -0.25) is 0 Å². The zero-order valence-electron chi connectivity index (χ0n) is 8.71. The molecule has 0 aliphatic rings. The van der Waals surface area contributed by atoms with Crippen molar-refractivity contribution in [3.05, 3.63) is 29.3 Å². The smallest absolute Gasteiger partial charge is 0.0704 e. The van der Waals surface area contributed by atoms with Gasteiger partial charge in [0.1, 0.15) is 0 Å². The average molecular weight is 195 g/mol. The van der Waals surface area contributed by atoms with E-state index in [9.17, 15) is 5.11 Å². The molecule has 0 saturated carbocycles. The van der Waals surface area contributed by atoms with Crippen molar-refractivity contribution in [3.8, 4) is 0 Å². The van der Waals surface area contributed by atoms with E-state index in [2.05, 4.69) is 5.32 Å². The summed E-state index contributed by atoms with van der Waals surface area (Å²) in [5.74, 6) is 0. The lowest BCUT2D eigenvalue weighted by atomic mass is 10.1. The maximum atomic E-state index is 9.18. The van der Waals surface area contributed by atoms with Crippen LogP contribution in [0.4, 0.5) is 5.69 Å². The van der Waals surface area contributed by atoms with Crippen LogP contribution in [0.15, 0.2) is 18.2 Å². The first-order valence-corrected chi connectivity index (χ1v) is 4.71. The van der Waals surface area contributed by atoms with Crippen molar-refractivity contribution in [2.45, 2.75) is 13.5 Å². The summed E-state index contributed by atoms with van der Waals surface area (Å²) in [5, 5.41) is 12.4. The van der Waals surface area contributed by atoms with Gasteiger partial charge in [-0.1, -0.05) is 12.1 Å². The fourth-order valence-electron chi connectivity index (χ4n) is 1.37. The minimum absolute atomic E-state index is 0.0714. The molecule has 1 rings (SSSR count). The Labute approximate surface area is 84.7 Å². The number of hydrogen-bond donors (Lipinski definition) is 2. The quantitative estimate of drug-likeness (QED) is 0.700. The summed E-state index contributed by atoms with van der Waals surface area (Å²) in [7, 11) is 1.67. The lowest BCUT2D eigenvalue weighted by Crippen LogP contribution is -2.09. The molecule has 0 aromatic heterocycles. The fourth-order valence-corrected chi connectivity index (χ4v) is 1.37. The number of aliphatic hydroxyl groups is 1. The molecule has 0 aliphatic carbocycles. The number of anilines is 1. The van der Waals surface area contributed by atoms with E-state index in [0.717, 1.165) is 23.4 Å². The molecular weight excluding hydrogens is 178 g/mol. The second kappa shape index (κ2) is 5.62. The van der Waals surface area contributed by atoms with Gasteiger partial charge in [-0.15, -0.1) is 0 Å². The van der Waals surface area contributed by atoms with E-state index in [0.29, 0.717) is 6.61 Å². The molecule has 0 fully saturated rings. The van der Waals surface area contributed by atoms with Crippen molar-refractivity contribution < 1.29 is 9.84 Å². The van der Waals surface area contributed by atoms with E-state index in [1.807, 2.05) is 25.1 Å². The minimum Gasteiger partial charge on any atom is -0.392 e. The fraction of sp³-hybridized carbons (Fsp3) is 0.455. The Morgan fingerprint density at radius 2 is 2.21 bits per heavy atom. The van der Waals surface area contributed by atoms with Gasteiger partial charge in [0.15, 0.2) is 0 Å². The van der Waals surface area contributed by atoms with Gasteiger partial charge < -0.3 is 15.2 Å². The van der Waals surface area contributed by atoms with Gasteiger partial charge in [0, 0.05) is 24.9 Å². The van der Waals surface area contributed by atoms with Gasteiger partial charge in [-0.25, -0.2) is 0 Å². The van der Waals surface area contributed by atoms with E-state index in [1.165, 1.54) is 0 Å². The Morgan fingerprint density at radius 3 is 2.86 bits per heavy atom. The van der Waals surface area contributed by atoms with E-state index in [-0.39, 0.29) is 6.61 Å². The molecule has 0 radical (unpaired) electrons. The molecule has 0 amide bonds. The molecular formula is C11H17NO2. The van der Waals surface area contributed by atoms with Crippen molar-refractivity contribution in [2.24, 2.45) is 0 Å². The zero-order valence-corrected chi connectivity index (χ0v) is 8.71. The Bertz CT molecular complexity index is 287. The van der Waals surface area contributed by atoms with Crippen molar-refractivity contribution in [1.82, 2.24) is 0 Å². The summed E-state index contributed by atoms with van der Waals surface area (Å²) in [4.78, 5) is 0. The summed E-state index contributed by atoms with van der Waals surface area (Å²) in [6, 6.07) is 5.94. The molecule has 0 heterocycles. The van der Waals surface area contributed by atoms with Crippen LogP contribution in [-0.4, -0.2) is 25.4 Å². The van der Waals surface area contributed by atoms with Crippen molar-refractivity contribution in [3.63, 3.8) is 0 Å². The summed E-state index contributed by atoms with van der Waals surface area (Å²) in [5.41, 5.74) is 3.06. The number of nitrogens with one attached hydrogen (secondary N) is 1. The summed E-state index contributed by atoms with van der Waals surface area (Å²) >= 11 is 0. The first kappa shape index (κ1) is 11.0. The first-order chi connectivity index (χ1) is 6.79. The molecule has 0 unspecified atom stereocenters. The van der Waals surface area contributed by atoms with Crippen LogP contribution in [0.25, 0.3) is 0 Å². The second-order valence-electron chi connectivity index (χ2n) is 3.18. The molecule has 3 heteroatoms. The molecule has 2 N–H and O–H groups in total. The van der Waals surface area contributed by atoms with Gasteiger partial charge in [-0.2, -0.15) is 0 Å². The largest absolute Gasteiger partial charge is 0.392 e. The molecule has 78 valence electrons. The highest BCUT2D eigenvalue weighted by Gasteiger charge is 2.02. The van der Waals surface area contributed by atoms with Crippen LogP contribution >= 0.6 is 0 Å². The van der Waals surface area contributed by atoms with Gasteiger partial charge in [0.05, 0.1) is 13.2 Å². The Kier molecular flexibility index (Phi) is 4.43. The molecule has 1 aromatic carbocycles. The third kappa shape index (κ3) is 2.72. The van der Waals surface area contributed by atoms with Crippen molar-refractivity contribution in [2.75, 3.05) is 25.6 Å². The van der Waals surface area contributed by atoms with Crippen LogP contribution in [0, 0.1) is 6.92 Å². The van der Waals surface area contributed by atoms with Gasteiger partial charge in [-0.05, 0) is 18.6 Å². The highest BCUT2D eigenvalue weighted by Crippen LogP contribution is 2.18. The predicted octanol–water partition coefficient (Wildman–Crippen LogP) is 1.55. The molecule has 0 bridgehead atoms. The van der Waals surface area contributed by atoms with Crippen LogP contribution in [-0.2, 0) is 11.3 Å². The van der Waals surface area contributed by atoms with Crippen LogP contribution < -0.4 is 5.32 Å². The van der Waals surface area contributed by atoms with E-state index in [4.69, 9.17) is 4.74 Å². The Balaban J connectivity index is 2.70. The number of aryl methyl sites for hydroxylation is 1. The standard InChI is InChI=1S/C11H17NO2/c1-9-4-3-5-11(10(9)8-13)12-6-7-14-2/h3-5,12-13H,6-8H2,1-2H3. The number of rotatable bonds is 5. The normalized spacial score (nSPS) is 10.2. The number of ether oxygens (including phenoxy) is 1. The first-order valence-electron chi connectivity index (χ1n) is 4.71. The molecule has 0 saturated heterocycles. The van der Waals surface area contributed by atoms with Crippen molar-refractivity contribution in [1.29, 1.82) is 0 Å².